The average molecular weight is 954 g/mol. The first-order chi connectivity index (χ1) is 33.6. The highest BCUT2D eigenvalue weighted by Gasteiger charge is 2.17. The maximum atomic E-state index is 12.9. The summed E-state index contributed by atoms with van der Waals surface area (Å²) in [5, 5.41) is 0. The number of ether oxygens (including phenoxy) is 3. The molecule has 0 radical (unpaired) electrons. The number of carbonyl (C=O) groups is 2. The van der Waals surface area contributed by atoms with Gasteiger partial charge in [-0.25, -0.2) is 0 Å². The Balaban J connectivity index is 4.24. The fourth-order valence-electron chi connectivity index (χ4n) is 8.92. The van der Waals surface area contributed by atoms with Crippen molar-refractivity contribution in [3.63, 3.8) is 0 Å². The third kappa shape index (κ3) is 56.4. The molecule has 1 atom stereocenters. The predicted molar refractivity (Wildman–Crippen MR) is 298 cm³/mol. The van der Waals surface area contributed by atoms with E-state index >= 15 is 0 Å². The number of hydrogen-bond acceptors (Lipinski definition) is 5. The van der Waals surface area contributed by atoms with E-state index < -0.39 is 6.10 Å². The average Bonchev–Trinajstić information content (AvgIpc) is 3.34. The molecule has 0 bridgehead atoms. The summed E-state index contributed by atoms with van der Waals surface area (Å²) in [7, 11) is 0. The standard InChI is InChI=1S/C63H116O5/c1-4-7-10-13-16-19-22-25-28-30-31-32-34-37-40-43-46-49-52-55-58-66-59-61(68-63(65)57-54-51-48-45-42-39-35-27-24-21-18-15-12-9-6-3)60-67-62(64)56-53-50-47-44-41-38-36-33-29-26-23-20-17-14-11-8-5-2/h7,10,16,19,25,28,31-32,61H,4-6,8-9,11-15,17-18,20-24,26-27,29-30,33-60H2,1-3H3/b10-7-,19-16-,28-25-,32-31-. The van der Waals surface area contributed by atoms with E-state index in [2.05, 4.69) is 69.4 Å². The van der Waals surface area contributed by atoms with Crippen molar-refractivity contribution < 1.29 is 23.8 Å². The van der Waals surface area contributed by atoms with Gasteiger partial charge in [0.05, 0.1) is 6.61 Å². The summed E-state index contributed by atoms with van der Waals surface area (Å²) < 4.78 is 17.5. The molecule has 0 N–H and O–H groups in total. The Kier molecular flexibility index (Phi) is 57.3. The molecule has 0 heterocycles. The van der Waals surface area contributed by atoms with Gasteiger partial charge in [-0.05, 0) is 57.8 Å². The topological polar surface area (TPSA) is 61.8 Å². The number of carbonyl (C=O) groups excluding carboxylic acids is 2. The van der Waals surface area contributed by atoms with Crippen molar-refractivity contribution >= 4 is 11.9 Å². The van der Waals surface area contributed by atoms with Crippen LogP contribution in [0.15, 0.2) is 48.6 Å². The molecule has 0 aromatic heterocycles. The van der Waals surface area contributed by atoms with Gasteiger partial charge in [-0.15, -0.1) is 0 Å². The lowest BCUT2D eigenvalue weighted by Crippen LogP contribution is -2.30. The fraction of sp³-hybridized carbons (Fsp3) is 0.841. The smallest absolute Gasteiger partial charge is 0.306 e. The minimum absolute atomic E-state index is 0.0866. The van der Waals surface area contributed by atoms with Crippen LogP contribution in [0, 0.1) is 0 Å². The van der Waals surface area contributed by atoms with Gasteiger partial charge in [-0.2, -0.15) is 0 Å². The van der Waals surface area contributed by atoms with Crippen LogP contribution in [-0.2, 0) is 23.8 Å². The molecule has 0 saturated carbocycles. The second-order valence-corrected chi connectivity index (χ2v) is 20.2. The molecule has 0 aliphatic rings. The Hall–Kier alpha value is -2.14. The van der Waals surface area contributed by atoms with Crippen molar-refractivity contribution in [2.75, 3.05) is 19.8 Å². The Morgan fingerprint density at radius 1 is 0.338 bits per heavy atom. The van der Waals surface area contributed by atoms with Crippen LogP contribution in [0.5, 0.6) is 0 Å². The maximum Gasteiger partial charge on any atom is 0.306 e. The van der Waals surface area contributed by atoms with Gasteiger partial charge in [-0.1, -0.05) is 294 Å². The first-order valence-corrected chi connectivity index (χ1v) is 30.2. The summed E-state index contributed by atoms with van der Waals surface area (Å²) in [5.41, 5.74) is 0. The predicted octanol–water partition coefficient (Wildman–Crippen LogP) is 20.7. The number of allylic oxidation sites excluding steroid dienone is 8. The minimum Gasteiger partial charge on any atom is -0.462 e. The van der Waals surface area contributed by atoms with E-state index in [4.69, 9.17) is 14.2 Å². The van der Waals surface area contributed by atoms with E-state index in [1.165, 1.54) is 218 Å². The molecule has 0 aliphatic carbocycles. The number of hydrogen-bond donors (Lipinski definition) is 0. The second kappa shape index (κ2) is 59.2. The van der Waals surface area contributed by atoms with Crippen LogP contribution in [0.2, 0.25) is 0 Å². The van der Waals surface area contributed by atoms with Crippen LogP contribution < -0.4 is 0 Å². The van der Waals surface area contributed by atoms with Crippen LogP contribution in [0.25, 0.3) is 0 Å². The Morgan fingerprint density at radius 3 is 1.06 bits per heavy atom. The van der Waals surface area contributed by atoms with Crippen molar-refractivity contribution in [3.05, 3.63) is 48.6 Å². The summed E-state index contributed by atoms with van der Waals surface area (Å²) in [6.45, 7) is 7.76. The lowest BCUT2D eigenvalue weighted by Gasteiger charge is -2.18. The SMILES string of the molecule is CC/C=C\C/C=C\C/C=C\C/C=C\CCCCCCCCCOCC(COC(=O)CCCCCCCCCCCCCCCCCCC)OC(=O)CCCCCCCCCCCCCCCCC. The van der Waals surface area contributed by atoms with Crippen LogP contribution in [0.4, 0.5) is 0 Å². The molecule has 0 rings (SSSR count). The van der Waals surface area contributed by atoms with Crippen molar-refractivity contribution in [1.82, 2.24) is 0 Å². The third-order valence-electron chi connectivity index (χ3n) is 13.4. The summed E-state index contributed by atoms with van der Waals surface area (Å²) in [6, 6.07) is 0. The molecule has 0 fully saturated rings. The van der Waals surface area contributed by atoms with Crippen molar-refractivity contribution in [2.45, 2.75) is 322 Å². The molecule has 0 aromatic carbocycles. The first kappa shape index (κ1) is 65.9. The van der Waals surface area contributed by atoms with E-state index in [9.17, 15) is 9.59 Å². The summed E-state index contributed by atoms with van der Waals surface area (Å²) >= 11 is 0. The highest BCUT2D eigenvalue weighted by atomic mass is 16.6. The monoisotopic (exact) mass is 953 g/mol. The third-order valence-corrected chi connectivity index (χ3v) is 13.4. The second-order valence-electron chi connectivity index (χ2n) is 20.2. The highest BCUT2D eigenvalue weighted by molar-refractivity contribution is 5.70. The number of rotatable bonds is 56. The zero-order valence-electron chi connectivity index (χ0n) is 45.9. The summed E-state index contributed by atoms with van der Waals surface area (Å²) in [5.74, 6) is -0.382. The van der Waals surface area contributed by atoms with Crippen LogP contribution in [0.1, 0.15) is 316 Å². The molecule has 5 heteroatoms. The zero-order valence-corrected chi connectivity index (χ0v) is 45.9. The molecule has 5 nitrogen and oxygen atoms in total. The van der Waals surface area contributed by atoms with Crippen molar-refractivity contribution in [3.8, 4) is 0 Å². The molecule has 0 saturated heterocycles. The highest BCUT2D eigenvalue weighted by Crippen LogP contribution is 2.17. The Morgan fingerprint density at radius 2 is 0.662 bits per heavy atom. The molecule has 1 unspecified atom stereocenters. The van der Waals surface area contributed by atoms with Gasteiger partial charge in [0.15, 0.2) is 6.10 Å². The number of unbranched alkanes of at least 4 members (excludes halogenated alkanes) is 37. The Labute approximate surface area is 424 Å². The fourth-order valence-corrected chi connectivity index (χ4v) is 8.92. The van der Waals surface area contributed by atoms with Gasteiger partial charge in [0.25, 0.3) is 0 Å². The van der Waals surface area contributed by atoms with Gasteiger partial charge < -0.3 is 14.2 Å². The first-order valence-electron chi connectivity index (χ1n) is 30.2. The lowest BCUT2D eigenvalue weighted by molar-refractivity contribution is -0.163. The molecule has 0 spiro atoms. The molecule has 0 aliphatic heterocycles. The quantitative estimate of drug-likeness (QED) is 0.0345. The van der Waals surface area contributed by atoms with E-state index in [-0.39, 0.29) is 25.2 Å². The van der Waals surface area contributed by atoms with E-state index in [0.717, 1.165) is 64.2 Å². The van der Waals surface area contributed by atoms with Crippen LogP contribution in [-0.4, -0.2) is 37.9 Å². The molecular formula is C63H116O5. The van der Waals surface area contributed by atoms with E-state index in [0.29, 0.717) is 19.4 Å². The summed E-state index contributed by atoms with van der Waals surface area (Å²) in [4.78, 5) is 25.6. The van der Waals surface area contributed by atoms with Crippen LogP contribution >= 0.6 is 0 Å². The maximum absolute atomic E-state index is 12.9. The molecule has 0 aromatic rings. The molecule has 398 valence electrons. The van der Waals surface area contributed by atoms with Crippen molar-refractivity contribution in [1.29, 1.82) is 0 Å². The van der Waals surface area contributed by atoms with E-state index in [1.807, 2.05) is 0 Å². The summed E-state index contributed by atoms with van der Waals surface area (Å²) in [6.07, 6.45) is 74.2. The zero-order chi connectivity index (χ0) is 49.2. The van der Waals surface area contributed by atoms with Gasteiger partial charge in [0.2, 0.25) is 0 Å². The van der Waals surface area contributed by atoms with Crippen molar-refractivity contribution in [2.24, 2.45) is 0 Å². The lowest BCUT2D eigenvalue weighted by atomic mass is 10.0. The molecule has 68 heavy (non-hydrogen) atoms. The van der Waals surface area contributed by atoms with Gasteiger partial charge in [0, 0.05) is 19.4 Å². The van der Waals surface area contributed by atoms with Gasteiger partial charge >= 0.3 is 11.9 Å². The Bertz CT molecular complexity index is 1120. The molecular weight excluding hydrogens is 837 g/mol. The van der Waals surface area contributed by atoms with E-state index in [1.54, 1.807) is 0 Å². The van der Waals surface area contributed by atoms with Crippen LogP contribution in [0.3, 0.4) is 0 Å². The normalized spacial score (nSPS) is 12.5. The van der Waals surface area contributed by atoms with Gasteiger partial charge in [0.1, 0.15) is 6.61 Å². The number of esters is 2. The van der Waals surface area contributed by atoms with Gasteiger partial charge in [-0.3, -0.25) is 9.59 Å². The minimum atomic E-state index is -0.538. The largest absolute Gasteiger partial charge is 0.462 e. The molecule has 0 amide bonds.